The summed E-state index contributed by atoms with van der Waals surface area (Å²) in [7, 11) is 0. The lowest BCUT2D eigenvalue weighted by atomic mass is 10.2. The van der Waals surface area contributed by atoms with E-state index in [2.05, 4.69) is 21.2 Å². The van der Waals surface area contributed by atoms with E-state index in [0.29, 0.717) is 28.0 Å². The maximum absolute atomic E-state index is 11.8. The van der Waals surface area contributed by atoms with Crippen LogP contribution in [0.15, 0.2) is 22.7 Å². The van der Waals surface area contributed by atoms with Gasteiger partial charge < -0.3 is 5.32 Å². The quantitative estimate of drug-likeness (QED) is 0.849. The maximum Gasteiger partial charge on any atom is 0.252 e. The standard InChI is InChI=1S/C10H10BrClFNO/c11-8-4-1-3-7(9(8)12)10(15)14-6-2-5-13/h1,3-4H,2,5-6H2,(H,14,15). The predicted octanol–water partition coefficient (Wildman–Crippen LogP) is 3.19. The minimum absolute atomic E-state index is 0.283. The molecule has 0 bridgehead atoms. The summed E-state index contributed by atoms with van der Waals surface area (Å²) >= 11 is 9.14. The van der Waals surface area contributed by atoms with Crippen molar-refractivity contribution in [2.75, 3.05) is 13.2 Å². The van der Waals surface area contributed by atoms with Gasteiger partial charge in [0, 0.05) is 11.0 Å². The molecule has 0 unspecified atom stereocenters. The SMILES string of the molecule is O=C(NCCCF)c1cccc(Br)c1Cl. The summed E-state index contributed by atoms with van der Waals surface area (Å²) in [5, 5.41) is 2.95. The maximum atomic E-state index is 11.8. The van der Waals surface area contributed by atoms with E-state index in [-0.39, 0.29) is 5.91 Å². The Hall–Kier alpha value is -0.610. The Kier molecular flexibility index (Phi) is 5.05. The molecule has 0 radical (unpaired) electrons. The molecule has 5 heteroatoms. The largest absolute Gasteiger partial charge is 0.352 e. The van der Waals surface area contributed by atoms with Crippen molar-refractivity contribution >= 4 is 33.4 Å². The molecule has 0 aliphatic carbocycles. The molecule has 2 nitrogen and oxygen atoms in total. The second kappa shape index (κ2) is 6.08. The molecule has 1 aromatic rings. The van der Waals surface area contributed by atoms with Gasteiger partial charge in [-0.15, -0.1) is 0 Å². The van der Waals surface area contributed by atoms with E-state index in [1.165, 1.54) is 0 Å². The average molecular weight is 295 g/mol. The highest BCUT2D eigenvalue weighted by Gasteiger charge is 2.11. The number of rotatable bonds is 4. The molecule has 1 N–H and O–H groups in total. The fourth-order valence-electron chi connectivity index (χ4n) is 1.04. The van der Waals surface area contributed by atoms with Gasteiger partial charge in [-0.25, -0.2) is 0 Å². The lowest BCUT2D eigenvalue weighted by Crippen LogP contribution is -2.25. The van der Waals surface area contributed by atoms with Gasteiger partial charge in [-0.05, 0) is 34.5 Å². The second-order valence-electron chi connectivity index (χ2n) is 2.90. The normalized spacial score (nSPS) is 10.1. The lowest BCUT2D eigenvalue weighted by molar-refractivity contribution is 0.0952. The summed E-state index contributed by atoms with van der Waals surface area (Å²) in [6.07, 6.45) is 0.317. The molecule has 82 valence electrons. The van der Waals surface area contributed by atoms with Gasteiger partial charge in [0.05, 0.1) is 17.3 Å². The van der Waals surface area contributed by atoms with Crippen molar-refractivity contribution in [3.8, 4) is 0 Å². The third kappa shape index (κ3) is 3.47. The van der Waals surface area contributed by atoms with Gasteiger partial charge in [0.2, 0.25) is 0 Å². The first-order valence-corrected chi connectivity index (χ1v) is 5.62. The first kappa shape index (κ1) is 12.5. The number of carbonyl (C=O) groups is 1. The van der Waals surface area contributed by atoms with E-state index in [4.69, 9.17) is 11.6 Å². The Labute approximate surface area is 101 Å². The summed E-state index contributed by atoms with van der Waals surface area (Å²) < 4.78 is 12.5. The first-order valence-electron chi connectivity index (χ1n) is 4.45. The molecule has 1 rings (SSSR count). The van der Waals surface area contributed by atoms with Gasteiger partial charge in [-0.3, -0.25) is 9.18 Å². The monoisotopic (exact) mass is 293 g/mol. The number of carbonyl (C=O) groups excluding carboxylic acids is 1. The average Bonchev–Trinajstić information content (AvgIpc) is 2.22. The minimum atomic E-state index is -0.438. The fourth-order valence-corrected chi connectivity index (χ4v) is 1.62. The van der Waals surface area contributed by atoms with Crippen LogP contribution >= 0.6 is 27.5 Å². The van der Waals surface area contributed by atoms with E-state index in [1.807, 2.05) is 0 Å². The lowest BCUT2D eigenvalue weighted by Gasteiger charge is -2.06. The van der Waals surface area contributed by atoms with Crippen molar-refractivity contribution in [2.45, 2.75) is 6.42 Å². The van der Waals surface area contributed by atoms with E-state index in [0.717, 1.165) is 0 Å². The topological polar surface area (TPSA) is 29.1 Å². The number of nitrogens with one attached hydrogen (secondary N) is 1. The Morgan fingerprint density at radius 2 is 2.27 bits per heavy atom. The van der Waals surface area contributed by atoms with Crippen LogP contribution in [0.4, 0.5) is 4.39 Å². The third-order valence-corrected chi connectivity index (χ3v) is 3.09. The molecule has 15 heavy (non-hydrogen) atoms. The highest BCUT2D eigenvalue weighted by Crippen LogP contribution is 2.25. The molecule has 0 heterocycles. The zero-order valence-electron chi connectivity index (χ0n) is 7.90. The van der Waals surface area contributed by atoms with Crippen LogP contribution in [0, 0.1) is 0 Å². The Morgan fingerprint density at radius 3 is 2.93 bits per heavy atom. The Morgan fingerprint density at radius 1 is 1.53 bits per heavy atom. The van der Waals surface area contributed by atoms with Crippen molar-refractivity contribution in [3.05, 3.63) is 33.3 Å². The molecule has 1 aromatic carbocycles. The van der Waals surface area contributed by atoms with Crippen LogP contribution in [0.5, 0.6) is 0 Å². The van der Waals surface area contributed by atoms with Gasteiger partial charge in [0.15, 0.2) is 0 Å². The van der Waals surface area contributed by atoms with E-state index < -0.39 is 6.67 Å². The number of alkyl halides is 1. The summed E-state index contributed by atoms with van der Waals surface area (Å²) in [5.41, 5.74) is 0.393. The molecule has 0 saturated heterocycles. The van der Waals surface area contributed by atoms with Crippen LogP contribution in [-0.4, -0.2) is 19.1 Å². The molecule has 0 aliphatic heterocycles. The summed E-state index contributed by atoms with van der Waals surface area (Å²) in [4.78, 5) is 11.6. The zero-order chi connectivity index (χ0) is 11.3. The van der Waals surface area contributed by atoms with Crippen LogP contribution < -0.4 is 5.32 Å². The number of amides is 1. The third-order valence-electron chi connectivity index (χ3n) is 1.79. The van der Waals surface area contributed by atoms with E-state index in [1.54, 1.807) is 18.2 Å². The van der Waals surface area contributed by atoms with Crippen LogP contribution in [0.1, 0.15) is 16.8 Å². The summed E-state index contributed by atoms with van der Waals surface area (Å²) in [6, 6.07) is 5.10. The highest BCUT2D eigenvalue weighted by atomic mass is 79.9. The summed E-state index contributed by atoms with van der Waals surface area (Å²) in [6.45, 7) is -0.120. The highest BCUT2D eigenvalue weighted by molar-refractivity contribution is 9.10. The molecule has 0 aliphatic rings. The van der Waals surface area contributed by atoms with Gasteiger partial charge in [0.1, 0.15) is 0 Å². The fraction of sp³-hybridized carbons (Fsp3) is 0.300. The molecular formula is C10H10BrClFNO. The number of benzene rings is 1. The van der Waals surface area contributed by atoms with Crippen LogP contribution in [0.25, 0.3) is 0 Å². The predicted molar refractivity (Wildman–Crippen MR) is 62.1 cm³/mol. The molecule has 0 saturated carbocycles. The van der Waals surface area contributed by atoms with E-state index in [9.17, 15) is 9.18 Å². The summed E-state index contributed by atoms with van der Waals surface area (Å²) in [5.74, 6) is -0.283. The number of hydrogen-bond acceptors (Lipinski definition) is 1. The van der Waals surface area contributed by atoms with Gasteiger partial charge in [-0.2, -0.15) is 0 Å². The zero-order valence-corrected chi connectivity index (χ0v) is 10.2. The molecule has 1 amide bonds. The van der Waals surface area contributed by atoms with Crippen molar-refractivity contribution in [1.29, 1.82) is 0 Å². The van der Waals surface area contributed by atoms with Crippen LogP contribution in [0.2, 0.25) is 5.02 Å². The molecule has 0 spiro atoms. The minimum Gasteiger partial charge on any atom is -0.352 e. The molecule has 0 fully saturated rings. The Balaban J connectivity index is 2.69. The van der Waals surface area contributed by atoms with Crippen molar-refractivity contribution in [2.24, 2.45) is 0 Å². The van der Waals surface area contributed by atoms with Crippen molar-refractivity contribution in [1.82, 2.24) is 5.32 Å². The second-order valence-corrected chi connectivity index (χ2v) is 4.13. The van der Waals surface area contributed by atoms with Crippen molar-refractivity contribution in [3.63, 3.8) is 0 Å². The molecule has 0 aromatic heterocycles. The van der Waals surface area contributed by atoms with E-state index >= 15 is 0 Å². The van der Waals surface area contributed by atoms with Crippen molar-refractivity contribution < 1.29 is 9.18 Å². The molecular weight excluding hydrogens is 284 g/mol. The smallest absolute Gasteiger partial charge is 0.252 e. The van der Waals surface area contributed by atoms with Gasteiger partial charge in [0.25, 0.3) is 5.91 Å². The Bertz CT molecular complexity index is 359. The van der Waals surface area contributed by atoms with Gasteiger partial charge in [-0.1, -0.05) is 17.7 Å². The molecule has 0 atom stereocenters. The van der Waals surface area contributed by atoms with Crippen LogP contribution in [-0.2, 0) is 0 Å². The number of hydrogen-bond donors (Lipinski definition) is 1. The van der Waals surface area contributed by atoms with Gasteiger partial charge >= 0.3 is 0 Å². The first-order chi connectivity index (χ1) is 7.16. The van der Waals surface area contributed by atoms with Crippen LogP contribution in [0.3, 0.4) is 0 Å². The number of halogens is 3.